The van der Waals surface area contributed by atoms with E-state index in [-0.39, 0.29) is 17.9 Å². The van der Waals surface area contributed by atoms with Crippen molar-refractivity contribution in [2.45, 2.75) is 6.10 Å². The second-order valence-corrected chi connectivity index (χ2v) is 5.47. The summed E-state index contributed by atoms with van der Waals surface area (Å²) in [5, 5.41) is 22.2. The predicted molar refractivity (Wildman–Crippen MR) is 84.0 cm³/mol. The first-order valence-corrected chi connectivity index (χ1v) is 7.07. The fourth-order valence-electron chi connectivity index (χ4n) is 1.81. The lowest BCUT2D eigenvalue weighted by atomic mass is 10.1. The maximum atomic E-state index is 12.0. The number of rotatable bonds is 4. The van der Waals surface area contributed by atoms with Crippen LogP contribution in [0.25, 0.3) is 0 Å². The van der Waals surface area contributed by atoms with E-state index < -0.39 is 12.0 Å². The lowest BCUT2D eigenvalue weighted by Crippen LogP contribution is -2.28. The van der Waals surface area contributed by atoms with Crippen LogP contribution < -0.4 is 11.1 Å². The van der Waals surface area contributed by atoms with Gasteiger partial charge >= 0.3 is 0 Å². The third kappa shape index (κ3) is 3.96. The standard InChI is InChI=1S/C15H15BrN2O3/c16-10-3-6-13(19)12(7-10)15(21)18-8-14(20)9-1-4-11(17)5-2-9/h1-7,14,19-20H,8,17H2,(H,18,21). The zero-order valence-corrected chi connectivity index (χ0v) is 12.7. The molecule has 1 unspecified atom stereocenters. The molecule has 6 heteroatoms. The fraction of sp³-hybridized carbons (Fsp3) is 0.133. The first-order valence-electron chi connectivity index (χ1n) is 6.27. The minimum Gasteiger partial charge on any atom is -0.507 e. The zero-order chi connectivity index (χ0) is 15.4. The van der Waals surface area contributed by atoms with Crippen LogP contribution in [-0.4, -0.2) is 22.7 Å². The van der Waals surface area contributed by atoms with E-state index in [1.165, 1.54) is 12.1 Å². The number of halogens is 1. The quantitative estimate of drug-likeness (QED) is 0.635. The van der Waals surface area contributed by atoms with Crippen molar-refractivity contribution in [2.24, 2.45) is 0 Å². The molecular weight excluding hydrogens is 336 g/mol. The zero-order valence-electron chi connectivity index (χ0n) is 11.1. The van der Waals surface area contributed by atoms with E-state index in [0.717, 1.165) is 0 Å². The number of nitrogens with one attached hydrogen (secondary N) is 1. The van der Waals surface area contributed by atoms with Crippen molar-refractivity contribution in [2.75, 3.05) is 12.3 Å². The Hall–Kier alpha value is -2.05. The maximum absolute atomic E-state index is 12.0. The molecule has 0 aliphatic heterocycles. The second kappa shape index (κ2) is 6.60. The number of amides is 1. The van der Waals surface area contributed by atoms with Gasteiger partial charge in [0.2, 0.25) is 0 Å². The monoisotopic (exact) mass is 350 g/mol. The highest BCUT2D eigenvalue weighted by atomic mass is 79.9. The largest absolute Gasteiger partial charge is 0.507 e. The van der Waals surface area contributed by atoms with Crippen molar-refractivity contribution in [1.82, 2.24) is 5.32 Å². The molecule has 5 N–H and O–H groups in total. The molecule has 1 atom stereocenters. The minimum atomic E-state index is -0.844. The summed E-state index contributed by atoms with van der Waals surface area (Å²) < 4.78 is 0.685. The van der Waals surface area contributed by atoms with Crippen molar-refractivity contribution in [3.8, 4) is 5.75 Å². The van der Waals surface area contributed by atoms with E-state index in [0.29, 0.717) is 15.7 Å². The molecule has 2 aromatic rings. The first-order chi connectivity index (χ1) is 9.97. The minimum absolute atomic E-state index is 0.0364. The summed E-state index contributed by atoms with van der Waals surface area (Å²) in [4.78, 5) is 12.0. The summed E-state index contributed by atoms with van der Waals surface area (Å²) in [7, 11) is 0. The van der Waals surface area contributed by atoms with Crippen LogP contribution >= 0.6 is 15.9 Å². The van der Waals surface area contributed by atoms with E-state index in [2.05, 4.69) is 21.2 Å². The molecule has 1 amide bonds. The molecule has 0 radical (unpaired) electrons. The van der Waals surface area contributed by atoms with Crippen LogP contribution in [0.1, 0.15) is 22.0 Å². The predicted octanol–water partition coefficient (Wildman–Crippen LogP) is 2.20. The highest BCUT2D eigenvalue weighted by molar-refractivity contribution is 9.10. The number of phenols is 1. The number of hydrogen-bond acceptors (Lipinski definition) is 4. The van der Waals surface area contributed by atoms with Crippen LogP contribution in [0, 0.1) is 0 Å². The molecule has 0 spiro atoms. The Bertz CT molecular complexity index is 644. The lowest BCUT2D eigenvalue weighted by molar-refractivity contribution is 0.0913. The van der Waals surface area contributed by atoms with Crippen LogP contribution in [0.4, 0.5) is 5.69 Å². The number of hydrogen-bond donors (Lipinski definition) is 4. The molecule has 21 heavy (non-hydrogen) atoms. The third-order valence-electron chi connectivity index (χ3n) is 2.98. The van der Waals surface area contributed by atoms with Gasteiger partial charge in [-0.15, -0.1) is 0 Å². The van der Waals surface area contributed by atoms with Gasteiger partial charge in [0.1, 0.15) is 5.75 Å². The number of aliphatic hydroxyl groups is 1. The molecule has 0 aromatic heterocycles. The van der Waals surface area contributed by atoms with Crippen LogP contribution in [0.3, 0.4) is 0 Å². The molecule has 110 valence electrons. The molecule has 5 nitrogen and oxygen atoms in total. The van der Waals surface area contributed by atoms with E-state index >= 15 is 0 Å². The van der Waals surface area contributed by atoms with Crippen LogP contribution in [-0.2, 0) is 0 Å². The van der Waals surface area contributed by atoms with Crippen molar-refractivity contribution in [3.05, 3.63) is 58.1 Å². The summed E-state index contributed by atoms with van der Waals surface area (Å²) in [6, 6.07) is 11.3. The van der Waals surface area contributed by atoms with E-state index in [1.807, 2.05) is 0 Å². The summed E-state index contributed by atoms with van der Waals surface area (Å²) in [6.45, 7) is 0.0364. The maximum Gasteiger partial charge on any atom is 0.255 e. The van der Waals surface area contributed by atoms with Gasteiger partial charge in [-0.2, -0.15) is 0 Å². The highest BCUT2D eigenvalue weighted by Gasteiger charge is 2.14. The number of aliphatic hydroxyl groups excluding tert-OH is 1. The van der Waals surface area contributed by atoms with Crippen LogP contribution in [0.5, 0.6) is 5.75 Å². The number of benzene rings is 2. The van der Waals surface area contributed by atoms with E-state index in [1.54, 1.807) is 30.3 Å². The average Bonchev–Trinajstić information content (AvgIpc) is 2.47. The number of carbonyl (C=O) groups is 1. The normalized spacial score (nSPS) is 11.9. The Balaban J connectivity index is 2.00. The van der Waals surface area contributed by atoms with Gasteiger partial charge in [0.25, 0.3) is 5.91 Å². The van der Waals surface area contributed by atoms with Gasteiger partial charge in [-0.3, -0.25) is 4.79 Å². The Labute approximate surface area is 130 Å². The van der Waals surface area contributed by atoms with Gasteiger partial charge in [0.15, 0.2) is 0 Å². The fourth-order valence-corrected chi connectivity index (χ4v) is 2.17. The number of phenolic OH excluding ortho intramolecular Hbond substituents is 1. The number of carbonyl (C=O) groups excluding carboxylic acids is 1. The SMILES string of the molecule is Nc1ccc(C(O)CNC(=O)c2cc(Br)ccc2O)cc1. The van der Waals surface area contributed by atoms with Gasteiger partial charge in [-0.05, 0) is 35.9 Å². The summed E-state index contributed by atoms with van der Waals surface area (Å²) in [6.07, 6.45) is -0.844. The lowest BCUT2D eigenvalue weighted by Gasteiger charge is -2.13. The smallest absolute Gasteiger partial charge is 0.255 e. The van der Waals surface area contributed by atoms with Crippen molar-refractivity contribution < 1.29 is 15.0 Å². The Morgan fingerprint density at radius 1 is 1.24 bits per heavy atom. The van der Waals surface area contributed by atoms with Crippen molar-refractivity contribution >= 4 is 27.5 Å². The number of nitrogen functional groups attached to an aromatic ring is 1. The summed E-state index contributed by atoms with van der Waals surface area (Å²) in [5.74, 6) is -0.569. The molecule has 0 saturated heterocycles. The molecule has 0 aliphatic carbocycles. The van der Waals surface area contributed by atoms with Crippen LogP contribution in [0.15, 0.2) is 46.9 Å². The van der Waals surface area contributed by atoms with Gasteiger partial charge in [-0.1, -0.05) is 28.1 Å². The molecule has 0 aliphatic rings. The van der Waals surface area contributed by atoms with Crippen LogP contribution in [0.2, 0.25) is 0 Å². The number of aromatic hydroxyl groups is 1. The Morgan fingerprint density at radius 2 is 1.90 bits per heavy atom. The molecule has 2 rings (SSSR count). The molecular formula is C15H15BrN2O3. The molecule has 2 aromatic carbocycles. The third-order valence-corrected chi connectivity index (χ3v) is 3.47. The molecule has 0 fully saturated rings. The van der Waals surface area contributed by atoms with E-state index in [9.17, 15) is 15.0 Å². The van der Waals surface area contributed by atoms with Gasteiger partial charge in [0.05, 0.1) is 11.7 Å². The average molecular weight is 351 g/mol. The van der Waals surface area contributed by atoms with Crippen molar-refractivity contribution in [3.63, 3.8) is 0 Å². The van der Waals surface area contributed by atoms with Crippen molar-refractivity contribution in [1.29, 1.82) is 0 Å². The molecule has 0 bridgehead atoms. The molecule has 0 saturated carbocycles. The Morgan fingerprint density at radius 3 is 2.57 bits per heavy atom. The Kier molecular flexibility index (Phi) is 4.82. The highest BCUT2D eigenvalue weighted by Crippen LogP contribution is 2.22. The van der Waals surface area contributed by atoms with Gasteiger partial charge < -0.3 is 21.3 Å². The molecule has 0 heterocycles. The summed E-state index contributed by atoms with van der Waals surface area (Å²) >= 11 is 3.24. The second-order valence-electron chi connectivity index (χ2n) is 4.55. The number of anilines is 1. The first kappa shape index (κ1) is 15.3. The van der Waals surface area contributed by atoms with E-state index in [4.69, 9.17) is 5.73 Å². The van der Waals surface area contributed by atoms with Gasteiger partial charge in [-0.25, -0.2) is 0 Å². The van der Waals surface area contributed by atoms with Gasteiger partial charge in [0, 0.05) is 16.7 Å². The number of nitrogens with two attached hydrogens (primary N) is 1. The topological polar surface area (TPSA) is 95.6 Å². The summed E-state index contributed by atoms with van der Waals surface area (Å²) in [5.41, 5.74) is 6.98.